The molecule has 0 aromatic heterocycles. The summed E-state index contributed by atoms with van der Waals surface area (Å²) in [5.74, 6) is -1.12. The lowest BCUT2D eigenvalue weighted by Gasteiger charge is -2.03. The van der Waals surface area contributed by atoms with E-state index in [0.717, 1.165) is 0 Å². The third-order valence-corrected chi connectivity index (χ3v) is 2.31. The van der Waals surface area contributed by atoms with Crippen molar-refractivity contribution in [3.63, 3.8) is 0 Å². The first kappa shape index (κ1) is 10.5. The van der Waals surface area contributed by atoms with Crippen LogP contribution in [-0.4, -0.2) is 11.7 Å². The summed E-state index contributed by atoms with van der Waals surface area (Å²) in [7, 11) is 0. The van der Waals surface area contributed by atoms with E-state index in [1.165, 1.54) is 12.1 Å². The smallest absolute Gasteiger partial charge is 0.179 e. The van der Waals surface area contributed by atoms with Gasteiger partial charge in [0, 0.05) is 5.56 Å². The van der Waals surface area contributed by atoms with Crippen LogP contribution < -0.4 is 0 Å². The second kappa shape index (κ2) is 4.07. The average Bonchev–Trinajstić information content (AvgIpc) is 2.13. The first-order valence-corrected chi connectivity index (χ1v) is 4.53. The predicted octanol–water partition coefficient (Wildman–Crippen LogP) is 3.21. The summed E-state index contributed by atoms with van der Waals surface area (Å²) in [6, 6.07) is 2.98. The van der Waals surface area contributed by atoms with Gasteiger partial charge in [0.1, 0.15) is 5.82 Å². The zero-order valence-electron chi connectivity index (χ0n) is 6.90. The van der Waals surface area contributed by atoms with Crippen molar-refractivity contribution in [1.29, 1.82) is 0 Å². The first-order chi connectivity index (χ1) is 6.07. The van der Waals surface area contributed by atoms with Crippen molar-refractivity contribution in [1.82, 2.24) is 0 Å². The Morgan fingerprint density at radius 3 is 2.69 bits per heavy atom. The highest BCUT2D eigenvalue weighted by molar-refractivity contribution is 6.37. The Hall–Kier alpha value is -0.600. The van der Waals surface area contributed by atoms with Crippen LogP contribution in [0.2, 0.25) is 5.02 Å². The van der Waals surface area contributed by atoms with Crippen LogP contribution >= 0.6 is 23.2 Å². The van der Waals surface area contributed by atoms with Crippen LogP contribution in [0.3, 0.4) is 0 Å². The van der Waals surface area contributed by atoms with Crippen LogP contribution in [0.1, 0.15) is 15.9 Å². The molecule has 0 aliphatic rings. The number of Topliss-reactive ketones (excluding diaryl/α,β-unsaturated/α-hetero) is 1. The van der Waals surface area contributed by atoms with Crippen molar-refractivity contribution in [3.8, 4) is 0 Å². The molecule has 70 valence electrons. The maximum atomic E-state index is 13.2. The van der Waals surface area contributed by atoms with Crippen LogP contribution in [0.5, 0.6) is 0 Å². The fourth-order valence-electron chi connectivity index (χ4n) is 0.933. The van der Waals surface area contributed by atoms with Crippen LogP contribution in [0, 0.1) is 12.7 Å². The van der Waals surface area contributed by atoms with Crippen molar-refractivity contribution in [2.45, 2.75) is 6.92 Å². The molecule has 0 amide bonds. The molecular weight excluding hydrogens is 214 g/mol. The summed E-state index contributed by atoms with van der Waals surface area (Å²) in [4.78, 5) is 11.1. The van der Waals surface area contributed by atoms with Crippen LogP contribution in [0.25, 0.3) is 0 Å². The van der Waals surface area contributed by atoms with Gasteiger partial charge in [-0.25, -0.2) is 4.39 Å². The van der Waals surface area contributed by atoms with E-state index in [2.05, 4.69) is 0 Å². The first-order valence-electron chi connectivity index (χ1n) is 3.61. The molecule has 1 nitrogen and oxygen atoms in total. The molecule has 0 spiro atoms. The minimum atomic E-state index is -0.558. The van der Waals surface area contributed by atoms with Gasteiger partial charge in [0.2, 0.25) is 0 Å². The zero-order chi connectivity index (χ0) is 10.0. The number of benzene rings is 1. The molecule has 1 aromatic carbocycles. The third-order valence-electron chi connectivity index (χ3n) is 1.70. The molecule has 1 aromatic rings. The van der Waals surface area contributed by atoms with Gasteiger partial charge in [0.05, 0.1) is 10.9 Å². The summed E-state index contributed by atoms with van der Waals surface area (Å²) in [5, 5.41) is -0.148. The van der Waals surface area contributed by atoms with Gasteiger partial charge in [-0.1, -0.05) is 17.7 Å². The predicted molar refractivity (Wildman–Crippen MR) is 51.2 cm³/mol. The molecular formula is C9H7Cl2FO. The topological polar surface area (TPSA) is 17.1 Å². The third kappa shape index (κ3) is 2.01. The molecule has 4 heteroatoms. The van der Waals surface area contributed by atoms with E-state index in [1.807, 2.05) is 0 Å². The molecule has 0 radical (unpaired) electrons. The largest absolute Gasteiger partial charge is 0.293 e. The number of aryl methyl sites for hydroxylation is 1. The molecule has 0 saturated heterocycles. The molecule has 0 atom stereocenters. The van der Waals surface area contributed by atoms with Crippen molar-refractivity contribution in [2.75, 3.05) is 5.88 Å². The monoisotopic (exact) mass is 220 g/mol. The van der Waals surface area contributed by atoms with Gasteiger partial charge in [-0.3, -0.25) is 4.79 Å². The molecule has 0 fully saturated rings. The summed E-state index contributed by atoms with van der Waals surface area (Å²) >= 11 is 10.9. The SMILES string of the molecule is Cc1ccc(C(=O)CCl)c(Cl)c1F. The van der Waals surface area contributed by atoms with Crippen molar-refractivity contribution in [2.24, 2.45) is 0 Å². The Morgan fingerprint density at radius 2 is 2.15 bits per heavy atom. The van der Waals surface area contributed by atoms with Gasteiger partial charge in [0.15, 0.2) is 5.78 Å². The quantitative estimate of drug-likeness (QED) is 0.553. The summed E-state index contributed by atoms with van der Waals surface area (Å²) in [6.45, 7) is 1.58. The summed E-state index contributed by atoms with van der Waals surface area (Å²) in [6.07, 6.45) is 0. The highest BCUT2D eigenvalue weighted by Gasteiger charge is 2.13. The molecule has 0 N–H and O–H groups in total. The van der Waals surface area contributed by atoms with Gasteiger partial charge in [0.25, 0.3) is 0 Å². The average molecular weight is 221 g/mol. The fourth-order valence-corrected chi connectivity index (χ4v) is 1.39. The molecule has 0 unspecified atom stereocenters. The molecule has 13 heavy (non-hydrogen) atoms. The minimum absolute atomic E-state index is 0.139. The fraction of sp³-hybridized carbons (Fsp3) is 0.222. The Kier molecular flexibility index (Phi) is 3.28. The number of hydrogen-bond acceptors (Lipinski definition) is 1. The lowest BCUT2D eigenvalue weighted by molar-refractivity contribution is 0.102. The van der Waals surface area contributed by atoms with Gasteiger partial charge in [-0.2, -0.15) is 0 Å². The highest BCUT2D eigenvalue weighted by Crippen LogP contribution is 2.23. The molecule has 0 aliphatic carbocycles. The number of rotatable bonds is 2. The maximum absolute atomic E-state index is 13.2. The number of halogens is 3. The Morgan fingerprint density at radius 1 is 1.54 bits per heavy atom. The summed E-state index contributed by atoms with van der Waals surface area (Å²) in [5.41, 5.74) is 0.552. The lowest BCUT2D eigenvalue weighted by atomic mass is 10.1. The molecule has 0 bridgehead atoms. The van der Waals surface area contributed by atoms with E-state index >= 15 is 0 Å². The van der Waals surface area contributed by atoms with E-state index < -0.39 is 5.82 Å². The highest BCUT2D eigenvalue weighted by atomic mass is 35.5. The van der Waals surface area contributed by atoms with Gasteiger partial charge >= 0.3 is 0 Å². The molecule has 0 aliphatic heterocycles. The maximum Gasteiger partial charge on any atom is 0.179 e. The normalized spacial score (nSPS) is 10.2. The van der Waals surface area contributed by atoms with E-state index in [4.69, 9.17) is 23.2 Å². The van der Waals surface area contributed by atoms with Gasteiger partial charge in [-0.15, -0.1) is 11.6 Å². The number of hydrogen-bond donors (Lipinski definition) is 0. The Balaban J connectivity index is 3.26. The van der Waals surface area contributed by atoms with Crippen LogP contribution in [0.4, 0.5) is 4.39 Å². The van der Waals surface area contributed by atoms with Gasteiger partial charge in [-0.05, 0) is 18.6 Å². The van der Waals surface area contributed by atoms with Crippen LogP contribution in [0.15, 0.2) is 12.1 Å². The number of carbonyl (C=O) groups excluding carboxylic acids is 1. The molecule has 0 saturated carbocycles. The number of ketones is 1. The number of alkyl halides is 1. The molecule has 0 heterocycles. The van der Waals surface area contributed by atoms with E-state index in [9.17, 15) is 9.18 Å². The Labute approximate surface area is 85.5 Å². The van der Waals surface area contributed by atoms with Crippen LogP contribution in [-0.2, 0) is 0 Å². The zero-order valence-corrected chi connectivity index (χ0v) is 8.42. The van der Waals surface area contributed by atoms with Crippen molar-refractivity contribution < 1.29 is 9.18 Å². The van der Waals surface area contributed by atoms with E-state index in [1.54, 1.807) is 6.92 Å². The molecule has 1 rings (SSSR count). The second-order valence-electron chi connectivity index (χ2n) is 2.61. The number of carbonyl (C=O) groups is 1. The second-order valence-corrected chi connectivity index (χ2v) is 3.26. The van der Waals surface area contributed by atoms with E-state index in [0.29, 0.717) is 5.56 Å². The standard InChI is InChI=1S/C9H7Cl2FO/c1-5-2-3-6(7(13)4-10)8(11)9(5)12/h2-3H,4H2,1H3. The lowest BCUT2D eigenvalue weighted by Crippen LogP contribution is -2.03. The van der Waals surface area contributed by atoms with E-state index in [-0.39, 0.29) is 22.2 Å². The Bertz CT molecular complexity index is 350. The minimum Gasteiger partial charge on any atom is -0.293 e. The van der Waals surface area contributed by atoms with Crippen molar-refractivity contribution in [3.05, 3.63) is 34.1 Å². The van der Waals surface area contributed by atoms with Gasteiger partial charge < -0.3 is 0 Å². The summed E-state index contributed by atoms with van der Waals surface area (Å²) < 4.78 is 13.2. The van der Waals surface area contributed by atoms with Crippen molar-refractivity contribution >= 4 is 29.0 Å².